The van der Waals surface area contributed by atoms with Crippen molar-refractivity contribution in [2.24, 2.45) is 0 Å². The zero-order valence-electron chi connectivity index (χ0n) is 22.0. The molecule has 0 radical (unpaired) electrons. The first kappa shape index (κ1) is 23.4. The van der Waals surface area contributed by atoms with Crippen LogP contribution in [-0.4, -0.2) is 23.0 Å². The Labute approximate surface area is 229 Å². The highest BCUT2D eigenvalue weighted by Gasteiger charge is 2.37. The summed E-state index contributed by atoms with van der Waals surface area (Å²) in [6.07, 6.45) is 0. The molecule has 0 fully saturated rings. The average Bonchev–Trinajstić information content (AvgIpc) is 3.24. The van der Waals surface area contributed by atoms with Gasteiger partial charge >= 0.3 is 0 Å². The van der Waals surface area contributed by atoms with Gasteiger partial charge in [-0.05, 0) is 38.7 Å². The second-order valence-electron chi connectivity index (χ2n) is 10.6. The Bertz CT molecular complexity index is 1830. The molecule has 0 aliphatic carbocycles. The Hall–Kier alpha value is -4.67. The standard InChI is InChI=1S/C35H27N3Si/c1-39(2)31-19-10-9-18-29(31)30-21-20-28(23-32(30)39)35-37-33(25-14-7-4-8-15-25)36-34(38-35)27-17-11-16-26(22-27)24-12-5-3-6-13-24/h3-23H,1-2H3. The van der Waals surface area contributed by atoms with Crippen LogP contribution in [0.4, 0.5) is 0 Å². The molecule has 0 bridgehead atoms. The molecule has 0 atom stereocenters. The van der Waals surface area contributed by atoms with Crippen LogP contribution in [0.1, 0.15) is 0 Å². The lowest BCUT2D eigenvalue weighted by Crippen LogP contribution is -2.49. The Morgan fingerprint density at radius 2 is 0.897 bits per heavy atom. The van der Waals surface area contributed by atoms with Gasteiger partial charge in [0.25, 0.3) is 0 Å². The quantitative estimate of drug-likeness (QED) is 0.230. The third kappa shape index (κ3) is 4.10. The summed E-state index contributed by atoms with van der Waals surface area (Å²) in [5.74, 6) is 2.06. The van der Waals surface area contributed by atoms with E-state index in [-0.39, 0.29) is 0 Å². The molecule has 7 rings (SSSR count). The molecule has 1 aromatic heterocycles. The lowest BCUT2D eigenvalue weighted by molar-refractivity contribution is 1.07. The summed E-state index contributed by atoms with van der Waals surface area (Å²) in [4.78, 5) is 15.0. The van der Waals surface area contributed by atoms with E-state index in [0.717, 1.165) is 22.3 Å². The third-order valence-corrected chi connectivity index (χ3v) is 11.3. The number of hydrogen-bond acceptors (Lipinski definition) is 3. The van der Waals surface area contributed by atoms with Gasteiger partial charge in [0.1, 0.15) is 8.07 Å². The normalized spacial score (nSPS) is 13.1. The highest BCUT2D eigenvalue weighted by Crippen LogP contribution is 2.32. The van der Waals surface area contributed by atoms with Gasteiger partial charge < -0.3 is 0 Å². The lowest BCUT2D eigenvalue weighted by Gasteiger charge is -2.19. The highest BCUT2D eigenvalue weighted by atomic mass is 28.3. The van der Waals surface area contributed by atoms with E-state index in [1.807, 2.05) is 24.3 Å². The van der Waals surface area contributed by atoms with Crippen LogP contribution in [0.5, 0.6) is 0 Å². The topological polar surface area (TPSA) is 38.7 Å². The van der Waals surface area contributed by atoms with Gasteiger partial charge in [-0.15, -0.1) is 0 Å². The van der Waals surface area contributed by atoms with Crippen LogP contribution in [0, 0.1) is 0 Å². The van der Waals surface area contributed by atoms with Gasteiger partial charge in [-0.1, -0.05) is 134 Å². The number of benzene rings is 5. The van der Waals surface area contributed by atoms with E-state index < -0.39 is 8.07 Å². The van der Waals surface area contributed by atoms with Crippen LogP contribution in [0.25, 0.3) is 56.4 Å². The number of nitrogens with zero attached hydrogens (tertiary/aromatic N) is 3. The number of fused-ring (bicyclic) bond motifs is 3. The van der Waals surface area contributed by atoms with Crippen LogP contribution in [0.15, 0.2) is 127 Å². The van der Waals surface area contributed by atoms with Gasteiger partial charge in [0.2, 0.25) is 0 Å². The van der Waals surface area contributed by atoms with Crippen LogP contribution < -0.4 is 10.4 Å². The largest absolute Gasteiger partial charge is 0.208 e. The SMILES string of the molecule is C[Si]1(C)c2ccccc2-c2ccc(-c3nc(-c4ccccc4)nc(-c4cccc(-c5ccccc5)c4)n3)cc21. The van der Waals surface area contributed by atoms with Crippen molar-refractivity contribution >= 4 is 18.4 Å². The molecule has 2 heterocycles. The minimum Gasteiger partial charge on any atom is -0.208 e. The van der Waals surface area contributed by atoms with E-state index in [9.17, 15) is 0 Å². The van der Waals surface area contributed by atoms with Crippen LogP contribution in [0.2, 0.25) is 13.1 Å². The molecule has 0 saturated carbocycles. The van der Waals surface area contributed by atoms with E-state index >= 15 is 0 Å². The van der Waals surface area contributed by atoms with Gasteiger partial charge in [-0.25, -0.2) is 15.0 Å². The smallest absolute Gasteiger partial charge is 0.164 e. The Kier molecular flexibility index (Phi) is 5.57. The number of hydrogen-bond donors (Lipinski definition) is 0. The van der Waals surface area contributed by atoms with Crippen molar-refractivity contribution < 1.29 is 0 Å². The molecule has 186 valence electrons. The zero-order valence-corrected chi connectivity index (χ0v) is 23.0. The van der Waals surface area contributed by atoms with E-state index in [4.69, 9.17) is 15.0 Å². The third-order valence-electron chi connectivity index (χ3n) is 7.74. The first-order valence-corrected chi connectivity index (χ1v) is 16.3. The summed E-state index contributed by atoms with van der Waals surface area (Å²) < 4.78 is 0. The molecule has 0 amide bonds. The van der Waals surface area contributed by atoms with Gasteiger partial charge in [0, 0.05) is 16.7 Å². The maximum atomic E-state index is 5.05. The molecule has 0 spiro atoms. The monoisotopic (exact) mass is 517 g/mol. The molecule has 39 heavy (non-hydrogen) atoms. The Morgan fingerprint density at radius 3 is 1.62 bits per heavy atom. The molecule has 4 heteroatoms. The number of aromatic nitrogens is 3. The van der Waals surface area contributed by atoms with Crippen LogP contribution in [0.3, 0.4) is 0 Å². The molecule has 1 aliphatic heterocycles. The van der Waals surface area contributed by atoms with Gasteiger partial charge in [-0.2, -0.15) is 0 Å². The summed E-state index contributed by atoms with van der Waals surface area (Å²) in [5, 5.41) is 2.94. The van der Waals surface area contributed by atoms with Crippen LogP contribution >= 0.6 is 0 Å². The zero-order chi connectivity index (χ0) is 26.4. The molecule has 0 unspecified atom stereocenters. The van der Waals surface area contributed by atoms with E-state index in [0.29, 0.717) is 17.5 Å². The molecule has 3 nitrogen and oxygen atoms in total. The molecular formula is C35H27N3Si. The number of rotatable bonds is 4. The van der Waals surface area contributed by atoms with Gasteiger partial charge in [0.05, 0.1) is 0 Å². The minimum absolute atomic E-state index is 0.678. The van der Waals surface area contributed by atoms with Crippen molar-refractivity contribution in [1.29, 1.82) is 0 Å². The van der Waals surface area contributed by atoms with E-state index in [2.05, 4.69) is 116 Å². The molecule has 0 saturated heterocycles. The minimum atomic E-state index is -1.82. The first-order valence-electron chi connectivity index (χ1n) is 13.3. The summed E-state index contributed by atoms with van der Waals surface area (Å²) >= 11 is 0. The Morgan fingerprint density at radius 1 is 0.385 bits per heavy atom. The summed E-state index contributed by atoms with van der Waals surface area (Å²) in [5.41, 5.74) is 8.00. The van der Waals surface area contributed by atoms with Crippen molar-refractivity contribution in [3.8, 4) is 56.4 Å². The van der Waals surface area contributed by atoms with Gasteiger partial charge in [0.15, 0.2) is 17.5 Å². The summed E-state index contributed by atoms with van der Waals surface area (Å²) in [7, 11) is -1.82. The van der Waals surface area contributed by atoms with Crippen molar-refractivity contribution in [3.63, 3.8) is 0 Å². The fraction of sp³-hybridized carbons (Fsp3) is 0.0571. The average molecular weight is 518 g/mol. The molecule has 6 aromatic rings. The molecule has 5 aromatic carbocycles. The maximum Gasteiger partial charge on any atom is 0.164 e. The van der Waals surface area contributed by atoms with Crippen LogP contribution in [-0.2, 0) is 0 Å². The van der Waals surface area contributed by atoms with Crippen molar-refractivity contribution in [1.82, 2.24) is 15.0 Å². The maximum absolute atomic E-state index is 5.05. The van der Waals surface area contributed by atoms with Crippen molar-refractivity contribution in [3.05, 3.63) is 127 Å². The predicted molar refractivity (Wildman–Crippen MR) is 164 cm³/mol. The predicted octanol–water partition coefficient (Wildman–Crippen LogP) is 7.34. The second-order valence-corrected chi connectivity index (χ2v) is 14.9. The molecular weight excluding hydrogens is 490 g/mol. The summed E-state index contributed by atoms with van der Waals surface area (Å²) in [6, 6.07) is 44.6. The van der Waals surface area contributed by atoms with Crippen molar-refractivity contribution in [2.45, 2.75) is 13.1 Å². The highest BCUT2D eigenvalue weighted by molar-refractivity contribution is 7.03. The first-order chi connectivity index (χ1) is 19.1. The lowest BCUT2D eigenvalue weighted by atomic mass is 10.0. The fourth-order valence-corrected chi connectivity index (χ4v) is 8.76. The molecule has 0 N–H and O–H groups in total. The summed E-state index contributed by atoms with van der Waals surface area (Å²) in [6.45, 7) is 4.87. The van der Waals surface area contributed by atoms with Crippen molar-refractivity contribution in [2.75, 3.05) is 0 Å². The second kappa shape index (κ2) is 9.26. The van der Waals surface area contributed by atoms with Gasteiger partial charge in [-0.3, -0.25) is 0 Å². The Balaban J connectivity index is 1.39. The fourth-order valence-electron chi connectivity index (χ4n) is 5.66. The molecule has 1 aliphatic rings. The van der Waals surface area contributed by atoms with E-state index in [1.165, 1.54) is 27.1 Å². The van der Waals surface area contributed by atoms with E-state index in [1.54, 1.807) is 0 Å².